The highest BCUT2D eigenvalue weighted by Crippen LogP contribution is 2.37. The lowest BCUT2D eigenvalue weighted by Gasteiger charge is -2.17. The van der Waals surface area contributed by atoms with Gasteiger partial charge in [0, 0.05) is 5.56 Å². The maximum atomic E-state index is 14.2. The van der Waals surface area contributed by atoms with Gasteiger partial charge in [0.1, 0.15) is 12.4 Å². The van der Waals surface area contributed by atoms with Crippen molar-refractivity contribution in [2.24, 2.45) is 0 Å². The predicted octanol–water partition coefficient (Wildman–Crippen LogP) is 5.44. The van der Waals surface area contributed by atoms with Crippen molar-refractivity contribution >= 4 is 6.16 Å². The van der Waals surface area contributed by atoms with Crippen LogP contribution in [0.5, 0.6) is 11.5 Å². The van der Waals surface area contributed by atoms with Gasteiger partial charge in [0.05, 0.1) is 12.7 Å². The van der Waals surface area contributed by atoms with Gasteiger partial charge >= 0.3 is 12.3 Å². The average Bonchev–Trinajstić information content (AvgIpc) is 2.61. The van der Waals surface area contributed by atoms with Crippen molar-refractivity contribution in [3.05, 3.63) is 58.4 Å². The van der Waals surface area contributed by atoms with Crippen molar-refractivity contribution in [1.82, 2.24) is 0 Å². The normalized spacial score (nSPS) is 11.2. The number of aryl methyl sites for hydroxylation is 2. The number of hydrogen-bond donors (Lipinski definition) is 0. The molecule has 0 spiro atoms. The zero-order chi connectivity index (χ0) is 20.2. The molecule has 0 unspecified atom stereocenters. The molecule has 0 saturated carbocycles. The van der Waals surface area contributed by atoms with Crippen LogP contribution in [-0.2, 0) is 23.9 Å². The molecule has 0 amide bonds. The molecule has 0 aliphatic carbocycles. The summed E-state index contributed by atoms with van der Waals surface area (Å²) >= 11 is 0. The third-order valence-electron chi connectivity index (χ3n) is 3.94. The first kappa shape index (κ1) is 20.5. The molecule has 0 aromatic heterocycles. The van der Waals surface area contributed by atoms with Gasteiger partial charge in [-0.05, 0) is 48.7 Å². The van der Waals surface area contributed by atoms with Crippen molar-refractivity contribution in [3.8, 4) is 11.5 Å². The van der Waals surface area contributed by atoms with Crippen LogP contribution in [0.4, 0.5) is 22.4 Å². The highest BCUT2D eigenvalue weighted by atomic mass is 19.4. The molecule has 0 fully saturated rings. The molecule has 2 aromatic carbocycles. The Kier molecular flexibility index (Phi) is 6.30. The van der Waals surface area contributed by atoms with Crippen LogP contribution in [0.1, 0.15) is 29.2 Å². The molecule has 0 radical (unpaired) electrons. The van der Waals surface area contributed by atoms with Gasteiger partial charge in [-0.25, -0.2) is 9.18 Å². The Morgan fingerprint density at radius 1 is 1.15 bits per heavy atom. The molecule has 4 nitrogen and oxygen atoms in total. The number of methoxy groups -OCH3 is 1. The molecule has 0 heterocycles. The molecular formula is C19H18F4O4. The lowest BCUT2D eigenvalue weighted by Crippen LogP contribution is -2.15. The summed E-state index contributed by atoms with van der Waals surface area (Å²) in [5.41, 5.74) is 0.0347. The Hall–Kier alpha value is -2.77. The topological polar surface area (TPSA) is 44.8 Å². The fraction of sp³-hybridized carbons (Fsp3) is 0.316. The lowest BCUT2D eigenvalue weighted by molar-refractivity contribution is -0.138. The van der Waals surface area contributed by atoms with E-state index >= 15 is 0 Å². The summed E-state index contributed by atoms with van der Waals surface area (Å²) in [6.07, 6.45) is -5.28. The van der Waals surface area contributed by atoms with Crippen LogP contribution in [0.2, 0.25) is 0 Å². The molecule has 0 saturated heterocycles. The van der Waals surface area contributed by atoms with Gasteiger partial charge in [-0.3, -0.25) is 0 Å². The van der Waals surface area contributed by atoms with Gasteiger partial charge in [0.2, 0.25) is 0 Å². The van der Waals surface area contributed by atoms with Gasteiger partial charge < -0.3 is 14.2 Å². The molecule has 146 valence electrons. The number of carbonyl (C=O) groups excluding carboxylic acids is 1. The van der Waals surface area contributed by atoms with Crippen LogP contribution in [-0.4, -0.2) is 13.3 Å². The van der Waals surface area contributed by atoms with Crippen LogP contribution >= 0.6 is 0 Å². The summed E-state index contributed by atoms with van der Waals surface area (Å²) in [5, 5.41) is 0. The molecule has 0 aliphatic rings. The number of alkyl halides is 3. The van der Waals surface area contributed by atoms with Gasteiger partial charge in [0.25, 0.3) is 0 Å². The smallest absolute Gasteiger partial charge is 0.486 e. The SMILES string of the molecule is CCc1cc(F)c(OCc2c(OC(=O)OC)cccc2C(F)(F)F)cc1C. The fourth-order valence-electron chi connectivity index (χ4n) is 2.54. The molecule has 0 N–H and O–H groups in total. The van der Waals surface area contributed by atoms with Crippen LogP contribution < -0.4 is 9.47 Å². The van der Waals surface area contributed by atoms with Crippen molar-refractivity contribution in [1.29, 1.82) is 0 Å². The minimum atomic E-state index is -4.71. The number of halogens is 4. The second-order valence-corrected chi connectivity index (χ2v) is 5.69. The molecule has 2 aromatic rings. The van der Waals surface area contributed by atoms with Crippen molar-refractivity contribution in [2.75, 3.05) is 7.11 Å². The van der Waals surface area contributed by atoms with E-state index < -0.39 is 35.9 Å². The molecule has 2 rings (SSSR count). The van der Waals surface area contributed by atoms with Crippen LogP contribution in [0, 0.1) is 12.7 Å². The first-order valence-corrected chi connectivity index (χ1v) is 8.04. The molecule has 0 atom stereocenters. The van der Waals surface area contributed by atoms with E-state index in [9.17, 15) is 22.4 Å². The minimum Gasteiger partial charge on any atom is -0.486 e. The average molecular weight is 386 g/mol. The largest absolute Gasteiger partial charge is 0.513 e. The van der Waals surface area contributed by atoms with E-state index in [1.54, 1.807) is 6.92 Å². The first-order chi connectivity index (χ1) is 12.7. The van der Waals surface area contributed by atoms with E-state index in [2.05, 4.69) is 4.74 Å². The molecular weight excluding hydrogens is 368 g/mol. The monoisotopic (exact) mass is 386 g/mol. The first-order valence-electron chi connectivity index (χ1n) is 8.04. The summed E-state index contributed by atoms with van der Waals surface area (Å²) in [6.45, 7) is 2.96. The zero-order valence-electron chi connectivity index (χ0n) is 14.9. The van der Waals surface area contributed by atoms with Crippen molar-refractivity contribution < 1.29 is 36.6 Å². The quantitative estimate of drug-likeness (QED) is 0.390. The molecule has 0 aliphatic heterocycles. The van der Waals surface area contributed by atoms with Gasteiger partial charge in [-0.2, -0.15) is 13.2 Å². The molecule has 0 bridgehead atoms. The minimum absolute atomic E-state index is 0.189. The summed E-state index contributed by atoms with van der Waals surface area (Å²) in [4.78, 5) is 11.3. The van der Waals surface area contributed by atoms with Crippen LogP contribution in [0.3, 0.4) is 0 Å². The number of rotatable bonds is 5. The number of hydrogen-bond acceptors (Lipinski definition) is 4. The molecule has 8 heteroatoms. The second kappa shape index (κ2) is 8.28. The summed E-state index contributed by atoms with van der Waals surface area (Å²) in [7, 11) is 1.03. The second-order valence-electron chi connectivity index (χ2n) is 5.69. The summed E-state index contributed by atoms with van der Waals surface area (Å²) in [6, 6.07) is 5.79. The van der Waals surface area contributed by atoms with Crippen molar-refractivity contribution in [2.45, 2.75) is 33.1 Å². The Bertz CT molecular complexity index is 831. The van der Waals surface area contributed by atoms with E-state index in [0.717, 1.165) is 30.4 Å². The van der Waals surface area contributed by atoms with Crippen LogP contribution in [0.25, 0.3) is 0 Å². The van der Waals surface area contributed by atoms with Gasteiger partial charge in [-0.15, -0.1) is 0 Å². The van der Waals surface area contributed by atoms with E-state index in [1.165, 1.54) is 18.2 Å². The standard InChI is InChI=1S/C19H18F4O4/c1-4-12-9-15(20)17(8-11(12)2)26-10-13-14(19(21,22)23)6-5-7-16(13)27-18(24)25-3/h5-9H,4,10H2,1-3H3. The van der Waals surface area contributed by atoms with Crippen molar-refractivity contribution in [3.63, 3.8) is 0 Å². The fourth-order valence-corrected chi connectivity index (χ4v) is 2.54. The summed E-state index contributed by atoms with van der Waals surface area (Å²) < 4.78 is 68.5. The Labute approximate surface area is 153 Å². The molecule has 27 heavy (non-hydrogen) atoms. The third kappa shape index (κ3) is 4.90. The summed E-state index contributed by atoms with van der Waals surface area (Å²) in [5.74, 6) is -1.25. The zero-order valence-corrected chi connectivity index (χ0v) is 14.9. The van der Waals surface area contributed by atoms with Gasteiger partial charge in [-0.1, -0.05) is 13.0 Å². The number of benzene rings is 2. The predicted molar refractivity (Wildman–Crippen MR) is 89.3 cm³/mol. The lowest BCUT2D eigenvalue weighted by atomic mass is 10.1. The van der Waals surface area contributed by atoms with E-state index in [-0.39, 0.29) is 11.5 Å². The number of carbonyl (C=O) groups is 1. The maximum absolute atomic E-state index is 14.2. The highest BCUT2D eigenvalue weighted by molar-refractivity contribution is 5.64. The number of ether oxygens (including phenoxy) is 3. The van der Waals surface area contributed by atoms with E-state index in [1.807, 2.05) is 6.92 Å². The van der Waals surface area contributed by atoms with Crippen LogP contribution in [0.15, 0.2) is 30.3 Å². The Morgan fingerprint density at radius 3 is 2.44 bits per heavy atom. The Morgan fingerprint density at radius 2 is 1.85 bits per heavy atom. The van der Waals surface area contributed by atoms with E-state index in [0.29, 0.717) is 6.42 Å². The van der Waals surface area contributed by atoms with E-state index in [4.69, 9.17) is 9.47 Å². The highest BCUT2D eigenvalue weighted by Gasteiger charge is 2.35. The van der Waals surface area contributed by atoms with Gasteiger partial charge in [0.15, 0.2) is 11.6 Å². The Balaban J connectivity index is 2.39. The third-order valence-corrected chi connectivity index (χ3v) is 3.94. The maximum Gasteiger partial charge on any atom is 0.513 e.